The molecule has 1 fully saturated rings. The Bertz CT molecular complexity index is 803. The van der Waals surface area contributed by atoms with Gasteiger partial charge in [-0.2, -0.15) is 0 Å². The lowest BCUT2D eigenvalue weighted by Gasteiger charge is -2.36. The molecule has 156 valence electrons. The SMILES string of the molecule is COc1cccc(NC(=O)CCC2CCN([C@@H](C)Cc3ccccc3F)CC2)c1. The number of nitrogens with one attached hydrogen (secondary N) is 1. The zero-order valence-corrected chi connectivity index (χ0v) is 17.4. The van der Waals surface area contributed by atoms with Gasteiger partial charge in [0, 0.05) is 24.2 Å². The summed E-state index contributed by atoms with van der Waals surface area (Å²) < 4.78 is 19.1. The smallest absolute Gasteiger partial charge is 0.224 e. The van der Waals surface area contributed by atoms with Crippen molar-refractivity contribution in [1.82, 2.24) is 4.90 Å². The molecule has 1 N–H and O–H groups in total. The number of methoxy groups -OCH3 is 1. The van der Waals surface area contributed by atoms with Crippen molar-refractivity contribution < 1.29 is 13.9 Å². The predicted octanol–water partition coefficient (Wildman–Crippen LogP) is 4.90. The van der Waals surface area contributed by atoms with Crippen LogP contribution in [-0.2, 0) is 11.2 Å². The van der Waals surface area contributed by atoms with Gasteiger partial charge in [-0.3, -0.25) is 4.79 Å². The lowest BCUT2D eigenvalue weighted by Crippen LogP contribution is -2.41. The molecular weight excluding hydrogens is 367 g/mol. The van der Waals surface area contributed by atoms with Crippen molar-refractivity contribution in [3.8, 4) is 5.75 Å². The molecule has 1 aliphatic rings. The molecule has 2 aromatic carbocycles. The van der Waals surface area contributed by atoms with Gasteiger partial charge in [0.15, 0.2) is 0 Å². The number of hydrogen-bond acceptors (Lipinski definition) is 3. The summed E-state index contributed by atoms with van der Waals surface area (Å²) in [6, 6.07) is 14.8. The number of halogens is 1. The van der Waals surface area contributed by atoms with Crippen molar-refractivity contribution in [2.24, 2.45) is 5.92 Å². The summed E-state index contributed by atoms with van der Waals surface area (Å²) in [5.41, 5.74) is 1.56. The highest BCUT2D eigenvalue weighted by molar-refractivity contribution is 5.90. The predicted molar refractivity (Wildman–Crippen MR) is 115 cm³/mol. The largest absolute Gasteiger partial charge is 0.497 e. The van der Waals surface area contributed by atoms with Gasteiger partial charge in [0.1, 0.15) is 11.6 Å². The van der Waals surface area contributed by atoms with Gasteiger partial charge in [0.05, 0.1) is 7.11 Å². The molecule has 5 heteroatoms. The topological polar surface area (TPSA) is 41.6 Å². The van der Waals surface area contributed by atoms with Gasteiger partial charge in [-0.25, -0.2) is 4.39 Å². The quantitative estimate of drug-likeness (QED) is 0.688. The fourth-order valence-corrected chi connectivity index (χ4v) is 4.05. The minimum atomic E-state index is -0.115. The Hall–Kier alpha value is -2.40. The Labute approximate surface area is 173 Å². The Morgan fingerprint density at radius 3 is 2.69 bits per heavy atom. The highest BCUT2D eigenvalue weighted by Gasteiger charge is 2.23. The number of nitrogens with zero attached hydrogens (tertiary/aromatic N) is 1. The molecule has 0 radical (unpaired) electrons. The number of ether oxygens (including phenoxy) is 1. The standard InChI is InChI=1S/C24H31FN2O2/c1-18(16-20-6-3-4-9-23(20)25)27-14-12-19(13-15-27)10-11-24(28)26-21-7-5-8-22(17-21)29-2/h3-9,17-19H,10-16H2,1-2H3,(H,26,28)/t18-/m0/s1. The van der Waals surface area contributed by atoms with E-state index >= 15 is 0 Å². The van der Waals surface area contributed by atoms with Crippen LogP contribution in [0.3, 0.4) is 0 Å². The summed E-state index contributed by atoms with van der Waals surface area (Å²) in [4.78, 5) is 14.7. The van der Waals surface area contributed by atoms with Crippen LogP contribution in [-0.4, -0.2) is 37.0 Å². The van der Waals surface area contributed by atoms with Gasteiger partial charge in [0.2, 0.25) is 5.91 Å². The molecule has 4 nitrogen and oxygen atoms in total. The van der Waals surface area contributed by atoms with Gasteiger partial charge in [-0.15, -0.1) is 0 Å². The van der Waals surface area contributed by atoms with Crippen molar-refractivity contribution >= 4 is 11.6 Å². The Balaban J connectivity index is 1.39. The average molecular weight is 399 g/mol. The number of rotatable bonds is 8. The molecule has 1 amide bonds. The van der Waals surface area contributed by atoms with Crippen LogP contribution in [0.1, 0.15) is 38.2 Å². The van der Waals surface area contributed by atoms with E-state index in [1.54, 1.807) is 13.2 Å². The monoisotopic (exact) mass is 398 g/mol. The van der Waals surface area contributed by atoms with Crippen LogP contribution >= 0.6 is 0 Å². The van der Waals surface area contributed by atoms with E-state index in [2.05, 4.69) is 17.1 Å². The molecule has 0 unspecified atom stereocenters. The van der Waals surface area contributed by atoms with Crippen LogP contribution in [0.25, 0.3) is 0 Å². The molecule has 3 rings (SSSR count). The van der Waals surface area contributed by atoms with Crippen molar-refractivity contribution in [3.63, 3.8) is 0 Å². The van der Waals surface area contributed by atoms with E-state index in [9.17, 15) is 9.18 Å². The Kier molecular flexibility index (Phi) is 7.64. The number of carbonyl (C=O) groups is 1. The van der Waals surface area contributed by atoms with Gasteiger partial charge < -0.3 is 15.0 Å². The maximum atomic E-state index is 13.9. The van der Waals surface area contributed by atoms with Crippen LogP contribution in [0.15, 0.2) is 48.5 Å². The van der Waals surface area contributed by atoms with Gasteiger partial charge in [-0.05, 0) is 75.4 Å². The third-order valence-corrected chi connectivity index (χ3v) is 5.88. The first kappa shape index (κ1) is 21.3. The van der Waals surface area contributed by atoms with E-state index in [1.807, 2.05) is 36.4 Å². The van der Waals surface area contributed by atoms with Crippen molar-refractivity contribution in [3.05, 3.63) is 59.9 Å². The lowest BCUT2D eigenvalue weighted by atomic mass is 9.90. The minimum Gasteiger partial charge on any atom is -0.497 e. The molecule has 0 aliphatic carbocycles. The first-order valence-corrected chi connectivity index (χ1v) is 10.5. The van der Waals surface area contributed by atoms with E-state index in [-0.39, 0.29) is 11.7 Å². The number of piperidine rings is 1. The summed E-state index contributed by atoms with van der Waals surface area (Å²) in [7, 11) is 1.62. The summed E-state index contributed by atoms with van der Waals surface area (Å²) >= 11 is 0. The second-order valence-corrected chi connectivity index (χ2v) is 7.94. The van der Waals surface area contributed by atoms with Gasteiger partial charge in [-0.1, -0.05) is 24.3 Å². The Morgan fingerprint density at radius 2 is 1.97 bits per heavy atom. The van der Waals surface area contributed by atoms with Gasteiger partial charge >= 0.3 is 0 Å². The second kappa shape index (κ2) is 10.4. The number of likely N-dealkylation sites (tertiary alicyclic amines) is 1. The molecule has 0 bridgehead atoms. The first-order chi connectivity index (χ1) is 14.0. The molecule has 1 heterocycles. The number of carbonyl (C=O) groups excluding carboxylic acids is 1. The molecule has 2 aromatic rings. The fourth-order valence-electron chi connectivity index (χ4n) is 4.05. The second-order valence-electron chi connectivity index (χ2n) is 7.94. The maximum absolute atomic E-state index is 13.9. The van der Waals surface area contributed by atoms with Crippen LogP contribution in [0.5, 0.6) is 5.75 Å². The molecule has 0 saturated carbocycles. The van der Waals surface area contributed by atoms with Crippen molar-refractivity contribution in [2.75, 3.05) is 25.5 Å². The van der Waals surface area contributed by atoms with Crippen LogP contribution in [0.4, 0.5) is 10.1 Å². The molecule has 1 atom stereocenters. The molecule has 0 aromatic heterocycles. The highest BCUT2D eigenvalue weighted by atomic mass is 19.1. The summed E-state index contributed by atoms with van der Waals surface area (Å²) in [5, 5.41) is 2.95. The third kappa shape index (κ3) is 6.29. The molecule has 1 saturated heterocycles. The molecule has 1 aliphatic heterocycles. The van der Waals surface area contributed by atoms with E-state index in [4.69, 9.17) is 4.74 Å². The Morgan fingerprint density at radius 1 is 1.21 bits per heavy atom. The van der Waals surface area contributed by atoms with E-state index < -0.39 is 0 Å². The zero-order chi connectivity index (χ0) is 20.6. The highest BCUT2D eigenvalue weighted by Crippen LogP contribution is 2.25. The van der Waals surface area contributed by atoms with E-state index in [0.29, 0.717) is 18.4 Å². The number of amides is 1. The minimum absolute atomic E-state index is 0.0496. The maximum Gasteiger partial charge on any atom is 0.224 e. The van der Waals surface area contributed by atoms with Crippen LogP contribution in [0, 0.1) is 11.7 Å². The molecule has 0 spiro atoms. The summed E-state index contributed by atoms with van der Waals surface area (Å²) in [5.74, 6) is 1.24. The third-order valence-electron chi connectivity index (χ3n) is 5.88. The average Bonchev–Trinajstić information content (AvgIpc) is 2.74. The normalized spacial score (nSPS) is 16.4. The zero-order valence-electron chi connectivity index (χ0n) is 17.4. The summed E-state index contributed by atoms with van der Waals surface area (Å²) in [6.45, 7) is 4.20. The van der Waals surface area contributed by atoms with Crippen molar-refractivity contribution in [2.45, 2.75) is 45.1 Å². The molecular formula is C24H31FN2O2. The van der Waals surface area contributed by atoms with Gasteiger partial charge in [0.25, 0.3) is 0 Å². The van der Waals surface area contributed by atoms with E-state index in [0.717, 1.165) is 55.8 Å². The molecule has 29 heavy (non-hydrogen) atoms. The first-order valence-electron chi connectivity index (χ1n) is 10.5. The fraction of sp³-hybridized carbons (Fsp3) is 0.458. The van der Waals surface area contributed by atoms with E-state index in [1.165, 1.54) is 6.07 Å². The number of benzene rings is 2. The number of hydrogen-bond donors (Lipinski definition) is 1. The van der Waals surface area contributed by atoms with Crippen LogP contribution < -0.4 is 10.1 Å². The number of anilines is 1. The van der Waals surface area contributed by atoms with Crippen LogP contribution in [0.2, 0.25) is 0 Å². The lowest BCUT2D eigenvalue weighted by molar-refractivity contribution is -0.116. The van der Waals surface area contributed by atoms with Crippen molar-refractivity contribution in [1.29, 1.82) is 0 Å². The summed E-state index contributed by atoms with van der Waals surface area (Å²) in [6.07, 6.45) is 4.36.